The van der Waals surface area contributed by atoms with Gasteiger partial charge in [-0.15, -0.1) is 0 Å². The van der Waals surface area contributed by atoms with Crippen molar-refractivity contribution in [1.82, 2.24) is 0 Å². The van der Waals surface area contributed by atoms with Gasteiger partial charge in [0.1, 0.15) is 0 Å². The van der Waals surface area contributed by atoms with E-state index in [1.165, 1.54) is 0 Å². The highest BCUT2D eigenvalue weighted by atomic mass is 19.4. The van der Waals surface area contributed by atoms with E-state index in [0.717, 1.165) is 0 Å². The first-order valence-corrected chi connectivity index (χ1v) is 7.08. The third-order valence-electron chi connectivity index (χ3n) is 3.44. The predicted molar refractivity (Wildman–Crippen MR) is 66.1 cm³/mol. The summed E-state index contributed by atoms with van der Waals surface area (Å²) in [5.41, 5.74) is 0. The van der Waals surface area contributed by atoms with Crippen molar-refractivity contribution in [2.24, 2.45) is 0 Å². The summed E-state index contributed by atoms with van der Waals surface area (Å²) in [6.07, 6.45) is -11.2. The van der Waals surface area contributed by atoms with Crippen LogP contribution >= 0.6 is 0 Å². The van der Waals surface area contributed by atoms with Gasteiger partial charge in [0.25, 0.3) is 0 Å². The summed E-state index contributed by atoms with van der Waals surface area (Å²) in [5.74, 6) is -47.9. The Balaban J connectivity index is 5.99. The molecule has 0 aliphatic heterocycles. The fourth-order valence-electron chi connectivity index (χ4n) is 1.68. The lowest BCUT2D eigenvalue weighted by Crippen LogP contribution is -2.72. The van der Waals surface area contributed by atoms with Gasteiger partial charge in [0, 0.05) is 12.5 Å². The molecule has 0 bridgehead atoms. The molecule has 0 N–H and O–H groups in total. The molecule has 0 atom stereocenters. The Hall–Kier alpha value is -1.84. The second kappa shape index (κ2) is 8.01. The molecular weight excluding hydrogens is 473 g/mol. The smallest absolute Gasteiger partial charge is 0.460 e. The minimum atomic E-state index is -8.30. The second-order valence-corrected chi connectivity index (χ2v) is 5.55. The fraction of sp³-hybridized carbons (Fsp3) is 0.769. The first-order valence-electron chi connectivity index (χ1n) is 7.08. The number of alkyl halides is 15. The normalized spacial score (nSPS) is 15.2. The number of esters is 1. The Bertz CT molecular complexity index is 635. The summed E-state index contributed by atoms with van der Waals surface area (Å²) in [7, 11) is 0. The molecular formula is C13H9F15O2. The monoisotopic (exact) mass is 482 g/mol. The van der Waals surface area contributed by atoms with Crippen LogP contribution in [0.4, 0.5) is 65.9 Å². The first kappa shape index (κ1) is 28.2. The largest absolute Gasteiger partial charge is 0.463 e. The van der Waals surface area contributed by atoms with E-state index < -0.39 is 67.1 Å². The fourth-order valence-corrected chi connectivity index (χ4v) is 1.68. The molecule has 0 saturated carbocycles. The number of rotatable bonds is 10. The highest BCUT2D eigenvalue weighted by Crippen LogP contribution is 2.62. The van der Waals surface area contributed by atoms with E-state index in [1.807, 2.05) is 0 Å². The van der Waals surface area contributed by atoms with Crippen LogP contribution in [0.25, 0.3) is 0 Å². The zero-order valence-electron chi connectivity index (χ0n) is 13.9. The predicted octanol–water partition coefficient (Wildman–Crippen LogP) is 5.87. The van der Waals surface area contributed by atoms with E-state index in [4.69, 9.17) is 0 Å². The molecule has 0 fully saturated rings. The first-order chi connectivity index (χ1) is 13.0. The van der Waals surface area contributed by atoms with E-state index >= 15 is 0 Å². The molecule has 0 aromatic rings. The lowest BCUT2D eigenvalue weighted by Gasteiger charge is -2.41. The van der Waals surface area contributed by atoms with Gasteiger partial charge in [-0.1, -0.05) is 6.58 Å². The standard InChI is InChI=1S/C13H9F15O2/c1-2-6(29)30-5-3-4-7(14,15)8(16,17)9(18,19)10(20,21)11(22,23)12(24,25)13(26,27)28/h2H,1,3-5H2. The van der Waals surface area contributed by atoms with Crippen molar-refractivity contribution in [3.05, 3.63) is 12.7 Å². The average Bonchev–Trinajstić information content (AvgIpc) is 2.56. The SMILES string of the molecule is C=CC(=O)OCCCC(F)(F)C(F)(F)C(F)(F)C(F)(F)C(F)(F)C(F)(F)C(F)(F)F. The second-order valence-electron chi connectivity index (χ2n) is 5.55. The molecule has 0 aromatic heterocycles. The Morgan fingerprint density at radius 1 is 0.667 bits per heavy atom. The van der Waals surface area contributed by atoms with Gasteiger partial charge in [0.2, 0.25) is 0 Å². The van der Waals surface area contributed by atoms with E-state index in [9.17, 15) is 70.7 Å². The Kier molecular flexibility index (Phi) is 7.52. The molecule has 178 valence electrons. The highest BCUT2D eigenvalue weighted by Gasteiger charge is 2.93. The molecule has 17 heteroatoms. The molecule has 0 aromatic carbocycles. The topological polar surface area (TPSA) is 26.3 Å². The number of halogens is 15. The third-order valence-corrected chi connectivity index (χ3v) is 3.44. The van der Waals surface area contributed by atoms with E-state index in [-0.39, 0.29) is 0 Å². The molecule has 0 aliphatic carbocycles. The maximum Gasteiger partial charge on any atom is 0.460 e. The van der Waals surface area contributed by atoms with Crippen LogP contribution in [0.3, 0.4) is 0 Å². The van der Waals surface area contributed by atoms with Crippen molar-refractivity contribution in [2.75, 3.05) is 6.61 Å². The van der Waals surface area contributed by atoms with Crippen LogP contribution in [0.1, 0.15) is 12.8 Å². The summed E-state index contributed by atoms with van der Waals surface area (Å²) in [4.78, 5) is 10.6. The maximum atomic E-state index is 13.4. The lowest BCUT2D eigenvalue weighted by molar-refractivity contribution is -0.452. The van der Waals surface area contributed by atoms with E-state index in [2.05, 4.69) is 11.3 Å². The van der Waals surface area contributed by atoms with Gasteiger partial charge in [0.15, 0.2) is 0 Å². The molecule has 0 spiro atoms. The van der Waals surface area contributed by atoms with Gasteiger partial charge in [0.05, 0.1) is 6.61 Å². The number of carbonyl (C=O) groups is 1. The van der Waals surface area contributed by atoms with E-state index in [1.54, 1.807) is 0 Å². The molecule has 0 saturated heterocycles. The number of hydrogen-bond donors (Lipinski definition) is 0. The number of hydrogen-bond acceptors (Lipinski definition) is 2. The average molecular weight is 482 g/mol. The van der Waals surface area contributed by atoms with Crippen LogP contribution in [0.5, 0.6) is 0 Å². The molecule has 0 aliphatic rings. The molecule has 2 nitrogen and oxygen atoms in total. The summed E-state index contributed by atoms with van der Waals surface area (Å²) < 4.78 is 197. The summed E-state index contributed by atoms with van der Waals surface area (Å²) in [5, 5.41) is 0. The Labute approximate surface area is 156 Å². The zero-order valence-corrected chi connectivity index (χ0v) is 13.9. The van der Waals surface area contributed by atoms with Gasteiger partial charge < -0.3 is 4.74 Å². The Morgan fingerprint density at radius 2 is 1.03 bits per heavy atom. The summed E-state index contributed by atoms with van der Waals surface area (Å²) in [6.45, 7) is 1.60. The lowest BCUT2D eigenvalue weighted by atomic mass is 9.90. The van der Waals surface area contributed by atoms with Crippen LogP contribution in [-0.2, 0) is 9.53 Å². The van der Waals surface area contributed by atoms with Crippen molar-refractivity contribution in [1.29, 1.82) is 0 Å². The third kappa shape index (κ3) is 4.29. The van der Waals surface area contributed by atoms with Crippen molar-refractivity contribution >= 4 is 5.97 Å². The van der Waals surface area contributed by atoms with Crippen LogP contribution < -0.4 is 0 Å². The molecule has 0 radical (unpaired) electrons. The van der Waals surface area contributed by atoms with Gasteiger partial charge in [-0.3, -0.25) is 0 Å². The molecule has 0 rings (SSSR count). The van der Waals surface area contributed by atoms with Crippen LogP contribution in [0, 0.1) is 0 Å². The van der Waals surface area contributed by atoms with Gasteiger partial charge >= 0.3 is 47.7 Å². The van der Waals surface area contributed by atoms with E-state index in [0.29, 0.717) is 6.08 Å². The Morgan fingerprint density at radius 3 is 1.40 bits per heavy atom. The molecule has 0 amide bonds. The molecule has 0 heterocycles. The van der Waals surface area contributed by atoms with Crippen LogP contribution in [0.15, 0.2) is 12.7 Å². The van der Waals surface area contributed by atoms with Crippen molar-refractivity contribution in [2.45, 2.75) is 54.6 Å². The van der Waals surface area contributed by atoms with Crippen molar-refractivity contribution in [3.8, 4) is 0 Å². The minimum absolute atomic E-state index is 0.435. The van der Waals surface area contributed by atoms with Crippen molar-refractivity contribution in [3.63, 3.8) is 0 Å². The summed E-state index contributed by atoms with van der Waals surface area (Å²) >= 11 is 0. The highest BCUT2D eigenvalue weighted by molar-refractivity contribution is 5.81. The zero-order chi connectivity index (χ0) is 24.6. The van der Waals surface area contributed by atoms with Crippen molar-refractivity contribution < 1.29 is 75.4 Å². The minimum Gasteiger partial charge on any atom is -0.463 e. The van der Waals surface area contributed by atoms with Gasteiger partial charge in [-0.2, -0.15) is 65.9 Å². The number of ether oxygens (including phenoxy) is 1. The quantitative estimate of drug-likeness (QED) is 0.169. The van der Waals surface area contributed by atoms with Crippen LogP contribution in [0.2, 0.25) is 0 Å². The molecule has 30 heavy (non-hydrogen) atoms. The maximum absolute atomic E-state index is 13.4. The number of carbonyl (C=O) groups excluding carboxylic acids is 1. The van der Waals surface area contributed by atoms with Crippen LogP contribution in [-0.4, -0.2) is 54.3 Å². The molecule has 0 unspecified atom stereocenters. The summed E-state index contributed by atoms with van der Waals surface area (Å²) in [6, 6.07) is 0. The van der Waals surface area contributed by atoms with Gasteiger partial charge in [-0.05, 0) is 6.42 Å². The van der Waals surface area contributed by atoms with Gasteiger partial charge in [-0.25, -0.2) is 4.79 Å².